The lowest BCUT2D eigenvalue weighted by atomic mass is 9.73. The molecule has 0 radical (unpaired) electrons. The highest BCUT2D eigenvalue weighted by Crippen LogP contribution is 2.51. The fraction of sp³-hybridized carbons (Fsp3) is 0.178. The third kappa shape index (κ3) is 7.49. The number of allylic oxidation sites excluding steroid dienone is 2. The number of hydrogen-bond donors (Lipinski definition) is 2. The predicted octanol–water partition coefficient (Wildman–Crippen LogP) is 10.0. The van der Waals surface area contributed by atoms with Crippen LogP contribution in [0.2, 0.25) is 0 Å². The van der Waals surface area contributed by atoms with Gasteiger partial charge in [-0.05, 0) is 76.1 Å². The molecule has 6 rings (SSSR count). The van der Waals surface area contributed by atoms with Gasteiger partial charge in [0.05, 0.1) is 17.8 Å². The van der Waals surface area contributed by atoms with Crippen LogP contribution in [0, 0.1) is 0 Å². The summed E-state index contributed by atoms with van der Waals surface area (Å²) in [5.74, 6) is 1.77. The van der Waals surface area contributed by atoms with Crippen molar-refractivity contribution in [3.05, 3.63) is 186 Å². The molecule has 0 aliphatic heterocycles. The van der Waals surface area contributed by atoms with Gasteiger partial charge in [0, 0.05) is 12.1 Å². The molecule has 5 heteroatoms. The molecule has 1 aliphatic carbocycles. The van der Waals surface area contributed by atoms with Gasteiger partial charge in [-0.2, -0.15) is 0 Å². The molecule has 4 nitrogen and oxygen atoms in total. The Morgan fingerprint density at radius 3 is 1.94 bits per heavy atom. The maximum atomic E-state index is 14.4. The van der Waals surface area contributed by atoms with Crippen LogP contribution in [-0.4, -0.2) is 25.3 Å². The number of nitrogens with one attached hydrogen (secondary N) is 2. The average molecular weight is 677 g/mol. The van der Waals surface area contributed by atoms with Gasteiger partial charge in [-0.1, -0.05) is 147 Å². The van der Waals surface area contributed by atoms with Crippen molar-refractivity contribution in [3.63, 3.8) is 0 Å². The Kier molecular flexibility index (Phi) is 11.4. The second kappa shape index (κ2) is 16.4. The predicted molar refractivity (Wildman–Crippen MR) is 211 cm³/mol. The van der Waals surface area contributed by atoms with Gasteiger partial charge in [0.25, 0.3) is 0 Å². The first-order valence-corrected chi connectivity index (χ1v) is 18.2. The Labute approximate surface area is 301 Å². The second-order valence-electron chi connectivity index (χ2n) is 12.4. The zero-order valence-corrected chi connectivity index (χ0v) is 29.5. The van der Waals surface area contributed by atoms with Gasteiger partial charge in [-0.25, -0.2) is 0 Å². The van der Waals surface area contributed by atoms with Crippen molar-refractivity contribution < 1.29 is 9.53 Å². The summed E-state index contributed by atoms with van der Waals surface area (Å²) in [6.45, 7) is 9.09. The number of carbonyl (C=O) groups excluding carboxylic acids is 1. The van der Waals surface area contributed by atoms with E-state index in [1.54, 1.807) is 18.9 Å². The summed E-state index contributed by atoms with van der Waals surface area (Å²) in [7, 11) is 1.67. The van der Waals surface area contributed by atoms with Gasteiger partial charge < -0.3 is 15.4 Å². The maximum Gasteiger partial charge on any atom is 0.235 e. The lowest BCUT2D eigenvalue weighted by Crippen LogP contribution is -2.45. The lowest BCUT2D eigenvalue weighted by Gasteiger charge is -2.31. The van der Waals surface area contributed by atoms with Crippen LogP contribution in [0.15, 0.2) is 158 Å². The number of fused-ring (bicyclic) bond motifs is 3. The van der Waals surface area contributed by atoms with E-state index in [1.165, 1.54) is 0 Å². The quantitative estimate of drug-likeness (QED) is 0.0621. The van der Waals surface area contributed by atoms with Crippen LogP contribution in [0.4, 0.5) is 0 Å². The maximum absolute atomic E-state index is 14.4. The fourth-order valence-corrected chi connectivity index (χ4v) is 7.73. The molecule has 252 valence electrons. The van der Waals surface area contributed by atoms with Gasteiger partial charge in [0.15, 0.2) is 0 Å². The van der Waals surface area contributed by atoms with Crippen molar-refractivity contribution in [2.45, 2.75) is 31.1 Å². The summed E-state index contributed by atoms with van der Waals surface area (Å²) in [6.07, 6.45) is 5.20. The van der Waals surface area contributed by atoms with E-state index in [0.717, 1.165) is 92.4 Å². The molecule has 0 heterocycles. The highest BCUT2D eigenvalue weighted by Gasteiger charge is 2.48. The molecule has 0 spiro atoms. The van der Waals surface area contributed by atoms with Gasteiger partial charge >= 0.3 is 0 Å². The first-order chi connectivity index (χ1) is 24.5. The molecule has 1 amide bonds. The first-order valence-electron chi connectivity index (χ1n) is 17.2. The number of hydrogen-bond acceptors (Lipinski definition) is 4. The van der Waals surface area contributed by atoms with Crippen LogP contribution < -0.4 is 15.4 Å². The SMILES string of the molecule is C=C/C(=C(\NC(=C)SCCCCC1(C(=O)NCCc2ccc(OC)cc2)c2ccccc2-c2ccccc21)c1ccccc1)c1ccccc1. The number of amides is 1. The van der Waals surface area contributed by atoms with Crippen LogP contribution in [0.5, 0.6) is 5.75 Å². The van der Waals surface area contributed by atoms with Gasteiger partial charge in [0.1, 0.15) is 11.2 Å². The third-order valence-corrected chi connectivity index (χ3v) is 10.4. The molecule has 50 heavy (non-hydrogen) atoms. The molecule has 1 aliphatic rings. The zero-order valence-electron chi connectivity index (χ0n) is 28.7. The van der Waals surface area contributed by atoms with E-state index in [-0.39, 0.29) is 5.91 Å². The van der Waals surface area contributed by atoms with Crippen LogP contribution in [0.1, 0.15) is 47.1 Å². The number of thioether (sulfide) groups is 1. The fourth-order valence-electron chi connectivity index (χ4n) is 6.96. The van der Waals surface area contributed by atoms with E-state index < -0.39 is 5.41 Å². The molecule has 0 fully saturated rings. The number of benzene rings is 5. The Morgan fingerprint density at radius 2 is 1.34 bits per heavy atom. The van der Waals surface area contributed by atoms with Crippen molar-refractivity contribution in [2.75, 3.05) is 19.4 Å². The van der Waals surface area contributed by atoms with Gasteiger partial charge in [0.2, 0.25) is 5.91 Å². The molecule has 5 aromatic rings. The lowest BCUT2D eigenvalue weighted by molar-refractivity contribution is -0.125. The summed E-state index contributed by atoms with van der Waals surface area (Å²) in [5.41, 5.74) is 9.08. The Hall–Kier alpha value is -5.26. The molecule has 5 aromatic carbocycles. The summed E-state index contributed by atoms with van der Waals surface area (Å²) in [4.78, 5) is 14.4. The molecule has 0 bridgehead atoms. The normalized spacial score (nSPS) is 13.0. The molecular formula is C45H44N2O2S. The van der Waals surface area contributed by atoms with E-state index in [2.05, 4.69) is 109 Å². The van der Waals surface area contributed by atoms with E-state index in [0.29, 0.717) is 6.54 Å². The van der Waals surface area contributed by atoms with Gasteiger partial charge in [-0.3, -0.25) is 4.79 Å². The molecule has 2 N–H and O–H groups in total. The minimum atomic E-state index is -0.745. The molecule has 0 saturated heterocycles. The summed E-state index contributed by atoms with van der Waals surface area (Å²) in [6, 6.07) is 45.5. The van der Waals surface area contributed by atoms with E-state index in [4.69, 9.17) is 4.74 Å². The molecular weight excluding hydrogens is 633 g/mol. The molecule has 0 aromatic heterocycles. The number of rotatable bonds is 16. The van der Waals surface area contributed by atoms with E-state index in [9.17, 15) is 4.79 Å². The van der Waals surface area contributed by atoms with E-state index >= 15 is 0 Å². The number of methoxy groups -OCH3 is 1. The number of carbonyl (C=O) groups is 1. The smallest absolute Gasteiger partial charge is 0.235 e. The molecule has 0 unspecified atom stereocenters. The van der Waals surface area contributed by atoms with Crippen LogP contribution in [-0.2, 0) is 16.6 Å². The van der Waals surface area contributed by atoms with E-state index in [1.807, 2.05) is 54.6 Å². The third-order valence-electron chi connectivity index (χ3n) is 9.42. The highest BCUT2D eigenvalue weighted by molar-refractivity contribution is 8.03. The Bertz CT molecular complexity index is 1920. The zero-order chi connectivity index (χ0) is 34.8. The molecule has 0 atom stereocenters. The first kappa shape index (κ1) is 34.6. The summed E-state index contributed by atoms with van der Waals surface area (Å²) in [5, 5.41) is 7.83. The van der Waals surface area contributed by atoms with Crippen LogP contribution >= 0.6 is 11.8 Å². The minimum absolute atomic E-state index is 0.0673. The molecule has 0 saturated carbocycles. The highest BCUT2D eigenvalue weighted by atomic mass is 32.2. The van der Waals surface area contributed by atoms with Crippen LogP contribution in [0.3, 0.4) is 0 Å². The summed E-state index contributed by atoms with van der Waals surface area (Å²) >= 11 is 1.71. The van der Waals surface area contributed by atoms with Crippen molar-refractivity contribution in [1.29, 1.82) is 0 Å². The van der Waals surface area contributed by atoms with Crippen molar-refractivity contribution in [3.8, 4) is 16.9 Å². The largest absolute Gasteiger partial charge is 0.497 e. The average Bonchev–Trinajstić information content (AvgIpc) is 3.46. The van der Waals surface area contributed by atoms with Crippen molar-refractivity contribution >= 4 is 28.9 Å². The topological polar surface area (TPSA) is 50.4 Å². The van der Waals surface area contributed by atoms with Crippen molar-refractivity contribution in [1.82, 2.24) is 10.6 Å². The Balaban J connectivity index is 1.15. The minimum Gasteiger partial charge on any atom is -0.497 e. The summed E-state index contributed by atoms with van der Waals surface area (Å²) < 4.78 is 5.31. The standard InChI is InChI=1S/C45H44N2O2S/c1-4-38(35-17-7-5-8-18-35)43(36-19-9-6-10-20-36)47-33(2)50-32-16-15-30-45(44(48)46-31-29-34-25-27-37(49-3)28-26-34)41-23-13-11-21-39(41)40-22-12-14-24-42(40)45/h4-14,17-28,47H,1-2,15-16,29-32H2,3H3,(H,46,48)/b43-38+. The number of ether oxygens (including phenoxy) is 1. The van der Waals surface area contributed by atoms with Gasteiger partial charge in [-0.15, -0.1) is 11.8 Å². The van der Waals surface area contributed by atoms with Crippen molar-refractivity contribution in [2.24, 2.45) is 0 Å². The Morgan fingerprint density at radius 1 is 0.760 bits per heavy atom. The number of unbranched alkanes of at least 4 members (excludes halogenated alkanes) is 1. The monoisotopic (exact) mass is 676 g/mol. The van der Waals surface area contributed by atoms with Crippen LogP contribution in [0.25, 0.3) is 22.4 Å². The second-order valence-corrected chi connectivity index (χ2v) is 13.6.